The molecule has 8 nitrogen and oxygen atoms in total. The molecule has 0 radical (unpaired) electrons. The molecule has 1 N–H and O–H groups in total. The smallest absolute Gasteiger partial charge is 0.244 e. The highest BCUT2D eigenvalue weighted by Crippen LogP contribution is 2.13. The number of amides is 1. The fraction of sp³-hybridized carbons (Fsp3) is 0.467. The molecule has 2 aromatic heterocycles. The van der Waals surface area contributed by atoms with Gasteiger partial charge >= 0.3 is 0 Å². The van der Waals surface area contributed by atoms with Crippen LogP contribution in [0.25, 0.3) is 0 Å². The number of anilines is 2. The number of carbonyl (C=O) groups is 1. The molecule has 0 saturated carbocycles. The fourth-order valence-electron chi connectivity index (χ4n) is 2.64. The lowest BCUT2D eigenvalue weighted by Gasteiger charge is -2.35. The normalized spacial score (nSPS) is 20.9. The van der Waals surface area contributed by atoms with E-state index in [-0.39, 0.29) is 30.6 Å². The second-order valence-electron chi connectivity index (χ2n) is 5.83. The molecule has 2 aromatic rings. The summed E-state index contributed by atoms with van der Waals surface area (Å²) in [5.41, 5.74) is 0.623. The first-order chi connectivity index (χ1) is 11.5. The molecule has 1 aliphatic rings. The molecular formula is C15H19FN6O2. The minimum absolute atomic E-state index is 0.00955. The van der Waals surface area contributed by atoms with Gasteiger partial charge in [0.1, 0.15) is 6.54 Å². The minimum atomic E-state index is -0.504. The van der Waals surface area contributed by atoms with Crippen LogP contribution < -0.4 is 5.32 Å². The van der Waals surface area contributed by atoms with Gasteiger partial charge in [-0.2, -0.15) is 5.10 Å². The molecule has 0 aliphatic carbocycles. The lowest BCUT2D eigenvalue weighted by Crippen LogP contribution is -2.49. The van der Waals surface area contributed by atoms with Crippen LogP contribution in [0, 0.1) is 5.82 Å². The van der Waals surface area contributed by atoms with E-state index in [4.69, 9.17) is 4.74 Å². The van der Waals surface area contributed by atoms with Crippen molar-refractivity contribution in [1.82, 2.24) is 24.6 Å². The molecule has 0 unspecified atom stereocenters. The highest BCUT2D eigenvalue weighted by atomic mass is 19.1. The van der Waals surface area contributed by atoms with Gasteiger partial charge in [0, 0.05) is 19.3 Å². The number of carbonyl (C=O) groups excluding carboxylic acids is 1. The second-order valence-corrected chi connectivity index (χ2v) is 5.83. The largest absolute Gasteiger partial charge is 0.372 e. The predicted octanol–water partition coefficient (Wildman–Crippen LogP) is 1.19. The van der Waals surface area contributed by atoms with E-state index in [9.17, 15) is 9.18 Å². The fourth-order valence-corrected chi connectivity index (χ4v) is 2.64. The van der Waals surface area contributed by atoms with Crippen molar-refractivity contribution in [3.05, 3.63) is 30.6 Å². The van der Waals surface area contributed by atoms with Gasteiger partial charge in [-0.15, -0.1) is 0 Å². The van der Waals surface area contributed by atoms with Crippen molar-refractivity contribution in [2.45, 2.75) is 32.6 Å². The summed E-state index contributed by atoms with van der Waals surface area (Å²) in [6, 6.07) is 0. The quantitative estimate of drug-likeness (QED) is 0.904. The monoisotopic (exact) mass is 334 g/mol. The molecule has 3 heterocycles. The molecule has 1 fully saturated rings. The third kappa shape index (κ3) is 4.05. The zero-order chi connectivity index (χ0) is 17.1. The highest BCUT2D eigenvalue weighted by molar-refractivity contribution is 5.76. The molecule has 24 heavy (non-hydrogen) atoms. The van der Waals surface area contributed by atoms with Crippen LogP contribution in [0.5, 0.6) is 0 Å². The summed E-state index contributed by atoms with van der Waals surface area (Å²) in [5.74, 6) is -0.251. The first kappa shape index (κ1) is 16.3. The van der Waals surface area contributed by atoms with Crippen LogP contribution in [0.4, 0.5) is 16.0 Å². The number of ether oxygens (including phenoxy) is 1. The number of halogens is 1. The van der Waals surface area contributed by atoms with Crippen molar-refractivity contribution in [1.29, 1.82) is 0 Å². The summed E-state index contributed by atoms with van der Waals surface area (Å²) < 4.78 is 20.0. The zero-order valence-electron chi connectivity index (χ0n) is 13.5. The number of nitrogens with one attached hydrogen (secondary N) is 1. The number of morpholine rings is 1. The van der Waals surface area contributed by atoms with E-state index >= 15 is 0 Å². The molecule has 1 saturated heterocycles. The van der Waals surface area contributed by atoms with Gasteiger partial charge in [0.15, 0.2) is 5.82 Å². The second kappa shape index (κ2) is 6.91. The van der Waals surface area contributed by atoms with E-state index in [1.807, 2.05) is 13.8 Å². The molecule has 0 spiro atoms. The van der Waals surface area contributed by atoms with Crippen LogP contribution in [0.1, 0.15) is 13.8 Å². The Kier molecular flexibility index (Phi) is 4.70. The summed E-state index contributed by atoms with van der Waals surface area (Å²) in [4.78, 5) is 21.8. The average Bonchev–Trinajstić information content (AvgIpc) is 2.95. The molecular weight excluding hydrogens is 315 g/mol. The molecule has 9 heteroatoms. The van der Waals surface area contributed by atoms with E-state index in [1.165, 1.54) is 0 Å². The minimum Gasteiger partial charge on any atom is -0.372 e. The molecule has 1 amide bonds. The Labute approximate surface area is 138 Å². The standard InChI is InChI=1S/C15H19FN6O2/c1-10-6-21(7-11(2)24-10)14(23)9-22-8-13(5-19-22)20-15-17-3-12(16)4-18-15/h3-5,8,10-11H,6-7,9H2,1-2H3,(H,17,18,20)/t10-,11-/m1/s1. The Balaban J connectivity index is 1.59. The van der Waals surface area contributed by atoms with Crippen LogP contribution in [0.15, 0.2) is 24.8 Å². The first-order valence-electron chi connectivity index (χ1n) is 7.70. The number of hydrogen-bond donors (Lipinski definition) is 1. The van der Waals surface area contributed by atoms with Crippen molar-refractivity contribution >= 4 is 17.5 Å². The van der Waals surface area contributed by atoms with Crippen molar-refractivity contribution in [2.75, 3.05) is 18.4 Å². The summed E-state index contributed by atoms with van der Waals surface area (Å²) in [6.45, 7) is 5.21. The van der Waals surface area contributed by atoms with Gasteiger partial charge < -0.3 is 15.0 Å². The van der Waals surface area contributed by atoms with Crippen molar-refractivity contribution in [3.63, 3.8) is 0 Å². The van der Waals surface area contributed by atoms with Crippen LogP contribution in [-0.4, -0.2) is 55.9 Å². The van der Waals surface area contributed by atoms with Gasteiger partial charge in [-0.3, -0.25) is 9.48 Å². The van der Waals surface area contributed by atoms with E-state index in [0.29, 0.717) is 18.8 Å². The van der Waals surface area contributed by atoms with E-state index in [2.05, 4.69) is 20.4 Å². The Bertz CT molecular complexity index is 694. The average molecular weight is 334 g/mol. The van der Waals surface area contributed by atoms with Crippen LogP contribution >= 0.6 is 0 Å². The third-order valence-corrected chi connectivity index (χ3v) is 3.58. The van der Waals surface area contributed by atoms with Crippen LogP contribution in [0.2, 0.25) is 0 Å². The molecule has 0 bridgehead atoms. The maximum atomic E-state index is 12.8. The van der Waals surface area contributed by atoms with E-state index in [1.54, 1.807) is 22.0 Å². The summed E-state index contributed by atoms with van der Waals surface area (Å²) >= 11 is 0. The Morgan fingerprint density at radius 1 is 1.29 bits per heavy atom. The van der Waals surface area contributed by atoms with Gasteiger partial charge in [0.05, 0.1) is 36.5 Å². The van der Waals surface area contributed by atoms with Crippen molar-refractivity contribution < 1.29 is 13.9 Å². The Hall–Kier alpha value is -2.55. The van der Waals surface area contributed by atoms with Crippen LogP contribution in [-0.2, 0) is 16.1 Å². The van der Waals surface area contributed by atoms with Crippen molar-refractivity contribution in [2.24, 2.45) is 0 Å². The van der Waals surface area contributed by atoms with Gasteiger partial charge in [0.25, 0.3) is 0 Å². The molecule has 3 rings (SSSR count). The topological polar surface area (TPSA) is 85.2 Å². The maximum absolute atomic E-state index is 12.8. The predicted molar refractivity (Wildman–Crippen MR) is 84.1 cm³/mol. The number of rotatable bonds is 4. The number of nitrogens with zero attached hydrogens (tertiary/aromatic N) is 5. The SMILES string of the molecule is C[C@@H]1CN(C(=O)Cn2cc(Nc3ncc(F)cn3)cn2)C[C@@H](C)O1. The number of hydrogen-bond acceptors (Lipinski definition) is 6. The van der Waals surface area contributed by atoms with Gasteiger partial charge in [-0.05, 0) is 13.8 Å². The summed E-state index contributed by atoms with van der Waals surface area (Å²) in [6.07, 6.45) is 5.45. The molecule has 128 valence electrons. The van der Waals surface area contributed by atoms with Crippen LogP contribution in [0.3, 0.4) is 0 Å². The van der Waals surface area contributed by atoms with E-state index < -0.39 is 5.82 Å². The summed E-state index contributed by atoms with van der Waals surface area (Å²) in [5, 5.41) is 7.05. The zero-order valence-corrected chi connectivity index (χ0v) is 13.5. The molecule has 2 atom stereocenters. The lowest BCUT2D eigenvalue weighted by molar-refractivity contribution is -0.144. The van der Waals surface area contributed by atoms with Gasteiger partial charge in [-0.1, -0.05) is 0 Å². The highest BCUT2D eigenvalue weighted by Gasteiger charge is 2.25. The van der Waals surface area contributed by atoms with Gasteiger partial charge in [0.2, 0.25) is 11.9 Å². The third-order valence-electron chi connectivity index (χ3n) is 3.58. The summed E-state index contributed by atoms with van der Waals surface area (Å²) in [7, 11) is 0. The van der Waals surface area contributed by atoms with Gasteiger partial charge in [-0.25, -0.2) is 14.4 Å². The van der Waals surface area contributed by atoms with E-state index in [0.717, 1.165) is 12.4 Å². The number of aromatic nitrogens is 4. The first-order valence-corrected chi connectivity index (χ1v) is 7.70. The lowest BCUT2D eigenvalue weighted by atomic mass is 10.2. The Morgan fingerprint density at radius 2 is 1.96 bits per heavy atom. The maximum Gasteiger partial charge on any atom is 0.244 e. The van der Waals surface area contributed by atoms with Crippen molar-refractivity contribution in [3.8, 4) is 0 Å². The molecule has 0 aromatic carbocycles. The molecule has 1 aliphatic heterocycles. The Morgan fingerprint density at radius 3 is 2.62 bits per heavy atom.